The summed E-state index contributed by atoms with van der Waals surface area (Å²) in [5, 5.41) is 0. The number of likely N-dealkylation sites (N-methyl/N-ethyl adjacent to an activating group) is 1. The van der Waals surface area contributed by atoms with Crippen LogP contribution in [-0.4, -0.2) is 32.3 Å². The summed E-state index contributed by atoms with van der Waals surface area (Å²) in [6.45, 7) is 2.59. The highest BCUT2D eigenvalue weighted by atomic mass is 79.9. The Hall–Kier alpha value is -1.22. The lowest BCUT2D eigenvalue weighted by Crippen LogP contribution is -2.39. The Balaban J connectivity index is 1.97. The first-order valence-corrected chi connectivity index (χ1v) is 10.1. The molecule has 0 atom stereocenters. The van der Waals surface area contributed by atoms with Crippen LogP contribution in [0.1, 0.15) is 12.5 Å². The summed E-state index contributed by atoms with van der Waals surface area (Å²) in [7, 11) is -3.66. The van der Waals surface area contributed by atoms with Gasteiger partial charge in [0.1, 0.15) is 4.21 Å². The lowest BCUT2D eigenvalue weighted by Gasteiger charge is -2.21. The van der Waals surface area contributed by atoms with Gasteiger partial charge in [0, 0.05) is 13.1 Å². The lowest BCUT2D eigenvalue weighted by molar-refractivity contribution is -0.130. The van der Waals surface area contributed by atoms with E-state index in [0.29, 0.717) is 13.1 Å². The number of sulfonamides is 1. The van der Waals surface area contributed by atoms with Crippen molar-refractivity contribution in [2.45, 2.75) is 17.7 Å². The second-order valence-electron chi connectivity index (χ2n) is 4.78. The van der Waals surface area contributed by atoms with E-state index in [1.807, 2.05) is 37.3 Å². The predicted octanol–water partition coefficient (Wildman–Crippen LogP) is 2.84. The Morgan fingerprint density at radius 3 is 2.48 bits per heavy atom. The lowest BCUT2D eigenvalue weighted by atomic mass is 10.2. The highest BCUT2D eigenvalue weighted by Crippen LogP contribution is 2.25. The predicted molar refractivity (Wildman–Crippen MR) is 94.7 cm³/mol. The van der Waals surface area contributed by atoms with Crippen molar-refractivity contribution in [1.82, 2.24) is 9.62 Å². The van der Waals surface area contributed by atoms with Crippen molar-refractivity contribution in [2.24, 2.45) is 0 Å². The van der Waals surface area contributed by atoms with Crippen LogP contribution in [-0.2, 0) is 21.4 Å². The first kappa shape index (κ1) is 18.1. The zero-order valence-electron chi connectivity index (χ0n) is 12.5. The van der Waals surface area contributed by atoms with Gasteiger partial charge in [0.05, 0.1) is 10.3 Å². The maximum atomic E-state index is 12.3. The summed E-state index contributed by atoms with van der Waals surface area (Å²) in [5.41, 5.74) is 1.01. The molecule has 1 amide bonds. The molecule has 0 bridgehead atoms. The molecular formula is C15H17BrN2O3S2. The number of benzene rings is 1. The molecule has 124 valence electrons. The topological polar surface area (TPSA) is 66.5 Å². The van der Waals surface area contributed by atoms with Gasteiger partial charge in [0.15, 0.2) is 0 Å². The molecule has 5 nitrogen and oxygen atoms in total. The van der Waals surface area contributed by atoms with E-state index in [-0.39, 0.29) is 16.7 Å². The number of thiophene rings is 1. The van der Waals surface area contributed by atoms with Crippen LogP contribution in [0.4, 0.5) is 0 Å². The third-order valence-electron chi connectivity index (χ3n) is 3.18. The van der Waals surface area contributed by atoms with E-state index in [4.69, 9.17) is 0 Å². The van der Waals surface area contributed by atoms with E-state index in [2.05, 4.69) is 20.7 Å². The molecule has 0 radical (unpaired) electrons. The first-order valence-electron chi connectivity index (χ1n) is 6.99. The van der Waals surface area contributed by atoms with Crippen LogP contribution in [0, 0.1) is 0 Å². The summed E-state index contributed by atoms with van der Waals surface area (Å²) < 4.78 is 27.5. The molecule has 1 heterocycles. The summed E-state index contributed by atoms with van der Waals surface area (Å²) in [6.07, 6.45) is 0. The zero-order chi connectivity index (χ0) is 16.9. The van der Waals surface area contributed by atoms with Crippen molar-refractivity contribution in [2.75, 3.05) is 13.1 Å². The number of nitrogens with zero attached hydrogens (tertiary/aromatic N) is 1. The fraction of sp³-hybridized carbons (Fsp3) is 0.267. The summed E-state index contributed by atoms with van der Waals surface area (Å²) >= 11 is 4.33. The van der Waals surface area contributed by atoms with Gasteiger partial charge in [-0.05, 0) is 40.5 Å². The minimum Gasteiger partial charge on any atom is -0.338 e. The molecule has 0 spiro atoms. The molecule has 1 N–H and O–H groups in total. The molecule has 0 fully saturated rings. The van der Waals surface area contributed by atoms with Crippen molar-refractivity contribution in [3.63, 3.8) is 0 Å². The van der Waals surface area contributed by atoms with Crippen LogP contribution < -0.4 is 4.72 Å². The standard InChI is InChI=1S/C15H17BrN2O3S2/c1-2-18(11-12-6-4-3-5-7-12)14(19)10-17-23(20,21)15-9-8-13(16)22-15/h3-9,17H,2,10-11H2,1H3. The average molecular weight is 417 g/mol. The minimum atomic E-state index is -3.66. The number of hydrogen-bond acceptors (Lipinski definition) is 4. The third-order valence-corrected chi connectivity index (χ3v) is 6.69. The fourth-order valence-electron chi connectivity index (χ4n) is 1.96. The number of carbonyl (C=O) groups is 1. The molecule has 0 aliphatic carbocycles. The molecule has 0 aliphatic heterocycles. The molecule has 1 aromatic carbocycles. The monoisotopic (exact) mass is 416 g/mol. The van der Waals surface area contributed by atoms with E-state index in [1.165, 1.54) is 6.07 Å². The SMILES string of the molecule is CCN(Cc1ccccc1)C(=O)CNS(=O)(=O)c1ccc(Br)s1. The van der Waals surface area contributed by atoms with E-state index in [9.17, 15) is 13.2 Å². The average Bonchev–Trinajstić information content (AvgIpc) is 2.99. The molecule has 0 aliphatic rings. The highest BCUT2D eigenvalue weighted by molar-refractivity contribution is 9.11. The summed E-state index contributed by atoms with van der Waals surface area (Å²) in [5.74, 6) is -0.254. The van der Waals surface area contributed by atoms with Crippen LogP contribution in [0.3, 0.4) is 0 Å². The van der Waals surface area contributed by atoms with Gasteiger partial charge < -0.3 is 4.90 Å². The van der Waals surface area contributed by atoms with Crippen LogP contribution in [0.15, 0.2) is 50.5 Å². The van der Waals surface area contributed by atoms with Crippen LogP contribution in [0.2, 0.25) is 0 Å². The molecule has 2 rings (SSSR count). The van der Waals surface area contributed by atoms with Gasteiger partial charge >= 0.3 is 0 Å². The largest absolute Gasteiger partial charge is 0.338 e. The van der Waals surface area contributed by atoms with Gasteiger partial charge in [-0.3, -0.25) is 4.79 Å². The van der Waals surface area contributed by atoms with Crippen LogP contribution in [0.5, 0.6) is 0 Å². The fourth-order valence-corrected chi connectivity index (χ4v) is 4.99. The highest BCUT2D eigenvalue weighted by Gasteiger charge is 2.19. The third kappa shape index (κ3) is 5.13. The Morgan fingerprint density at radius 1 is 1.22 bits per heavy atom. The number of carbonyl (C=O) groups excluding carboxylic acids is 1. The van der Waals surface area contributed by atoms with E-state index >= 15 is 0 Å². The van der Waals surface area contributed by atoms with Gasteiger partial charge in [0.2, 0.25) is 5.91 Å². The molecule has 8 heteroatoms. The minimum absolute atomic E-state index is 0.184. The van der Waals surface area contributed by atoms with Crippen molar-refractivity contribution >= 4 is 43.2 Å². The Labute approximate surface area is 148 Å². The van der Waals surface area contributed by atoms with Crippen molar-refractivity contribution in [1.29, 1.82) is 0 Å². The molecular weight excluding hydrogens is 400 g/mol. The molecule has 2 aromatic rings. The van der Waals surface area contributed by atoms with Gasteiger partial charge in [-0.2, -0.15) is 0 Å². The smallest absolute Gasteiger partial charge is 0.250 e. The molecule has 1 aromatic heterocycles. The number of rotatable bonds is 7. The number of hydrogen-bond donors (Lipinski definition) is 1. The van der Waals surface area contributed by atoms with Crippen LogP contribution >= 0.6 is 27.3 Å². The van der Waals surface area contributed by atoms with E-state index < -0.39 is 10.0 Å². The Morgan fingerprint density at radius 2 is 1.91 bits per heavy atom. The number of nitrogens with one attached hydrogen (secondary N) is 1. The molecule has 0 saturated heterocycles. The van der Waals surface area contributed by atoms with Gasteiger partial charge in [-0.15, -0.1) is 11.3 Å². The van der Waals surface area contributed by atoms with Crippen molar-refractivity contribution < 1.29 is 13.2 Å². The summed E-state index contributed by atoms with van der Waals surface area (Å²) in [4.78, 5) is 13.9. The molecule has 23 heavy (non-hydrogen) atoms. The van der Waals surface area contributed by atoms with Crippen molar-refractivity contribution in [3.05, 3.63) is 51.8 Å². The maximum Gasteiger partial charge on any atom is 0.250 e. The maximum absolute atomic E-state index is 12.3. The van der Waals surface area contributed by atoms with Gasteiger partial charge in [-0.25, -0.2) is 13.1 Å². The quantitative estimate of drug-likeness (QED) is 0.754. The first-order chi connectivity index (χ1) is 10.9. The van der Waals surface area contributed by atoms with E-state index in [0.717, 1.165) is 20.7 Å². The Bertz CT molecular complexity index is 760. The number of amides is 1. The second kappa shape index (κ2) is 8.05. The Kier molecular flexibility index (Phi) is 6.34. The van der Waals surface area contributed by atoms with E-state index in [1.54, 1.807) is 11.0 Å². The van der Waals surface area contributed by atoms with Crippen molar-refractivity contribution in [3.8, 4) is 0 Å². The second-order valence-corrected chi connectivity index (χ2v) is 9.23. The number of halogens is 1. The van der Waals surface area contributed by atoms with Crippen LogP contribution in [0.25, 0.3) is 0 Å². The van der Waals surface area contributed by atoms with Gasteiger partial charge in [-0.1, -0.05) is 30.3 Å². The van der Waals surface area contributed by atoms with Gasteiger partial charge in [0.25, 0.3) is 10.0 Å². The molecule has 0 saturated carbocycles. The zero-order valence-corrected chi connectivity index (χ0v) is 15.7. The summed E-state index contributed by atoms with van der Waals surface area (Å²) in [6, 6.07) is 12.8. The molecule has 0 unspecified atom stereocenters. The normalized spacial score (nSPS) is 11.4.